The molecular formula is C16H15F3O2S2. The Bertz CT molecular complexity index is 660. The van der Waals surface area contributed by atoms with Crippen LogP contribution in [-0.2, 0) is 11.1 Å². The summed E-state index contributed by atoms with van der Waals surface area (Å²) in [6.07, 6.45) is -4.47. The van der Waals surface area contributed by atoms with Crippen molar-refractivity contribution in [2.24, 2.45) is 0 Å². The van der Waals surface area contributed by atoms with E-state index >= 15 is 0 Å². The van der Waals surface area contributed by atoms with Gasteiger partial charge in [-0.1, -0.05) is 36.4 Å². The minimum Gasteiger partial charge on any atom is -0.401 e. The number of halogens is 3. The van der Waals surface area contributed by atoms with Crippen molar-refractivity contribution in [3.05, 3.63) is 60.2 Å². The minimum absolute atomic E-state index is 0.285. The van der Waals surface area contributed by atoms with Crippen LogP contribution in [0.25, 0.3) is 0 Å². The first-order valence-electron chi connectivity index (χ1n) is 6.77. The van der Waals surface area contributed by atoms with Crippen LogP contribution in [-0.4, -0.2) is 21.4 Å². The molecule has 2 aromatic rings. The lowest BCUT2D eigenvalue weighted by Crippen LogP contribution is -2.32. The first-order valence-corrected chi connectivity index (χ1v) is 8.89. The molecule has 23 heavy (non-hydrogen) atoms. The third-order valence-corrected chi connectivity index (χ3v) is 5.57. The second-order valence-corrected chi connectivity index (χ2v) is 7.13. The third-order valence-electron chi connectivity index (χ3n) is 2.95. The predicted molar refractivity (Wildman–Crippen MR) is 87.0 cm³/mol. The zero-order valence-electron chi connectivity index (χ0n) is 12.2. The topological polar surface area (TPSA) is 26.3 Å². The third kappa shape index (κ3) is 5.58. The molecule has 2 aromatic carbocycles. The molecule has 0 aromatic heterocycles. The van der Waals surface area contributed by atoms with Crippen LogP contribution in [0.3, 0.4) is 0 Å². The van der Waals surface area contributed by atoms with Gasteiger partial charge in [-0.15, -0.1) is 11.8 Å². The highest BCUT2D eigenvalue weighted by Gasteiger charge is 2.42. The fraction of sp³-hybridized carbons (Fsp3) is 0.250. The van der Waals surface area contributed by atoms with Gasteiger partial charge in [-0.25, -0.2) is 4.21 Å². The van der Waals surface area contributed by atoms with Gasteiger partial charge in [-0.3, -0.25) is 0 Å². The van der Waals surface area contributed by atoms with E-state index in [1.54, 1.807) is 61.5 Å². The number of hydrogen-bond donors (Lipinski definition) is 0. The second-order valence-electron chi connectivity index (χ2n) is 4.78. The minimum atomic E-state index is -4.47. The molecule has 0 bridgehead atoms. The van der Waals surface area contributed by atoms with E-state index in [-0.39, 0.29) is 5.75 Å². The molecule has 1 unspecified atom stereocenters. The quantitative estimate of drug-likeness (QED) is 0.695. The summed E-state index contributed by atoms with van der Waals surface area (Å²) >= 11 is -1.41. The van der Waals surface area contributed by atoms with Gasteiger partial charge in [0.1, 0.15) is 11.0 Å². The average Bonchev–Trinajstić information content (AvgIpc) is 2.48. The Hall–Kier alpha value is -1.47. The van der Waals surface area contributed by atoms with E-state index in [0.29, 0.717) is 16.7 Å². The highest BCUT2D eigenvalue weighted by molar-refractivity contribution is 8.00. The van der Waals surface area contributed by atoms with Crippen LogP contribution in [0.2, 0.25) is 0 Å². The molecule has 0 saturated carbocycles. The van der Waals surface area contributed by atoms with Gasteiger partial charge in [0.25, 0.3) is 0 Å². The average molecular weight is 360 g/mol. The summed E-state index contributed by atoms with van der Waals surface area (Å²) < 4.78 is 56.7. The van der Waals surface area contributed by atoms with Gasteiger partial charge >= 0.3 is 6.18 Å². The Morgan fingerprint density at radius 1 is 1.09 bits per heavy atom. The molecule has 0 heterocycles. The predicted octanol–water partition coefficient (Wildman–Crippen LogP) is 4.76. The summed E-state index contributed by atoms with van der Waals surface area (Å²) in [5.41, 5.74) is 0.751. The number of benzene rings is 2. The molecular weight excluding hydrogens is 345 g/mol. The van der Waals surface area contributed by atoms with Gasteiger partial charge in [0.2, 0.25) is 11.1 Å². The highest BCUT2D eigenvalue weighted by Crippen LogP contribution is 2.37. The normalized spacial score (nSPS) is 14.3. The highest BCUT2D eigenvalue weighted by atomic mass is 32.2. The van der Waals surface area contributed by atoms with Crippen molar-refractivity contribution >= 4 is 22.8 Å². The number of aryl methyl sites for hydroxylation is 1. The molecule has 0 saturated heterocycles. The fourth-order valence-corrected chi connectivity index (χ4v) is 4.06. The molecule has 2 nitrogen and oxygen atoms in total. The number of thioether (sulfide) groups is 1. The molecule has 2 atom stereocenters. The molecule has 0 spiro atoms. The molecule has 0 amide bonds. The first kappa shape index (κ1) is 17.9. The van der Waals surface area contributed by atoms with Crippen LogP contribution in [0.5, 0.6) is 5.75 Å². The Labute approximate surface area is 139 Å². The Kier molecular flexibility index (Phi) is 6.12. The SMILES string of the molecule is Cc1ccccc1S[C@H](CS(=O)Oc1ccccc1)C(F)(F)F. The molecule has 2 rings (SSSR count). The molecule has 0 aliphatic carbocycles. The Balaban J connectivity index is 2.07. The monoisotopic (exact) mass is 360 g/mol. The number of alkyl halides is 3. The largest absolute Gasteiger partial charge is 0.401 e. The standard InChI is InChI=1S/C16H15F3O2S2/c1-12-7-5-6-10-14(12)22-15(16(17,18)19)11-23(20)21-13-8-3-2-4-9-13/h2-10,15H,11H2,1H3/t15-,23?/m1/s1. The first-order chi connectivity index (χ1) is 10.9. The zero-order chi connectivity index (χ0) is 16.9. The van der Waals surface area contributed by atoms with E-state index in [2.05, 4.69) is 0 Å². The van der Waals surface area contributed by atoms with E-state index in [1.165, 1.54) is 0 Å². The van der Waals surface area contributed by atoms with Gasteiger partial charge in [0.15, 0.2) is 0 Å². The van der Waals surface area contributed by atoms with Crippen LogP contribution in [0.15, 0.2) is 59.5 Å². The van der Waals surface area contributed by atoms with Crippen LogP contribution in [0.1, 0.15) is 5.56 Å². The summed E-state index contributed by atoms with van der Waals surface area (Å²) in [7, 11) is 0. The van der Waals surface area contributed by atoms with Crippen molar-refractivity contribution in [1.29, 1.82) is 0 Å². The van der Waals surface area contributed by atoms with Crippen molar-refractivity contribution < 1.29 is 21.6 Å². The summed E-state index contributed by atoms with van der Waals surface area (Å²) in [5.74, 6) is -0.343. The summed E-state index contributed by atoms with van der Waals surface area (Å²) in [6.45, 7) is 1.74. The number of rotatable bonds is 6. The van der Waals surface area contributed by atoms with Crippen molar-refractivity contribution in [3.63, 3.8) is 0 Å². The summed E-state index contributed by atoms with van der Waals surface area (Å²) in [4.78, 5) is 0.520. The van der Waals surface area contributed by atoms with Gasteiger partial charge in [-0.05, 0) is 30.7 Å². The van der Waals surface area contributed by atoms with Crippen molar-refractivity contribution in [3.8, 4) is 5.75 Å². The van der Waals surface area contributed by atoms with Crippen molar-refractivity contribution in [1.82, 2.24) is 0 Å². The maximum Gasteiger partial charge on any atom is 0.401 e. The van der Waals surface area contributed by atoms with Gasteiger partial charge in [0.05, 0.1) is 5.75 Å². The Morgan fingerprint density at radius 2 is 1.70 bits per heavy atom. The molecule has 0 aliphatic heterocycles. The van der Waals surface area contributed by atoms with Crippen LogP contribution >= 0.6 is 11.8 Å². The van der Waals surface area contributed by atoms with Gasteiger partial charge in [-0.2, -0.15) is 13.2 Å². The lowest BCUT2D eigenvalue weighted by molar-refractivity contribution is -0.124. The van der Waals surface area contributed by atoms with Crippen LogP contribution in [0.4, 0.5) is 13.2 Å². The fourth-order valence-electron chi connectivity index (χ4n) is 1.78. The van der Waals surface area contributed by atoms with E-state index in [4.69, 9.17) is 4.18 Å². The van der Waals surface area contributed by atoms with Gasteiger partial charge < -0.3 is 4.18 Å². The van der Waals surface area contributed by atoms with Crippen LogP contribution in [0, 0.1) is 6.92 Å². The molecule has 0 radical (unpaired) electrons. The van der Waals surface area contributed by atoms with Crippen molar-refractivity contribution in [2.45, 2.75) is 23.2 Å². The zero-order valence-corrected chi connectivity index (χ0v) is 13.9. The maximum absolute atomic E-state index is 13.2. The van der Waals surface area contributed by atoms with E-state index in [0.717, 1.165) is 5.56 Å². The maximum atomic E-state index is 13.2. The van der Waals surface area contributed by atoms with Crippen LogP contribution < -0.4 is 4.18 Å². The molecule has 0 N–H and O–H groups in total. The summed E-state index contributed by atoms with van der Waals surface area (Å²) in [6, 6.07) is 15.0. The smallest absolute Gasteiger partial charge is 0.401 e. The molecule has 0 fully saturated rings. The molecule has 124 valence electrons. The number of hydrogen-bond acceptors (Lipinski definition) is 3. The second kappa shape index (κ2) is 7.88. The van der Waals surface area contributed by atoms with Crippen molar-refractivity contribution in [2.75, 3.05) is 5.75 Å². The van der Waals surface area contributed by atoms with E-state index in [9.17, 15) is 17.4 Å². The van der Waals surface area contributed by atoms with E-state index in [1.807, 2.05) is 0 Å². The summed E-state index contributed by atoms with van der Waals surface area (Å²) in [5, 5.41) is -1.80. The lowest BCUT2D eigenvalue weighted by Gasteiger charge is -2.20. The molecule has 0 aliphatic rings. The lowest BCUT2D eigenvalue weighted by atomic mass is 10.2. The Morgan fingerprint density at radius 3 is 2.30 bits per heavy atom. The molecule has 7 heteroatoms. The van der Waals surface area contributed by atoms with E-state index < -0.39 is 28.3 Å². The van der Waals surface area contributed by atoms with Gasteiger partial charge in [0, 0.05) is 4.90 Å². The number of para-hydroxylation sites is 1.